The number of nitriles is 1. The van der Waals surface area contributed by atoms with Crippen LogP contribution in [0.1, 0.15) is 11.4 Å². The van der Waals surface area contributed by atoms with Crippen LogP contribution in [0, 0.1) is 24.2 Å². The SMILES string of the molecule is C#C.N#Cc1c(N)ncnc1NCc1nc2cccnc2n1-c1ccccc1. The lowest BCUT2D eigenvalue weighted by Gasteiger charge is -2.11. The number of rotatable bonds is 4. The van der Waals surface area contributed by atoms with E-state index < -0.39 is 0 Å². The number of nitrogens with one attached hydrogen (secondary N) is 1. The molecule has 8 heteroatoms. The predicted molar refractivity (Wildman–Crippen MR) is 107 cm³/mol. The first-order chi connectivity index (χ1) is 13.8. The molecule has 3 aromatic heterocycles. The molecule has 3 heterocycles. The first-order valence-electron chi connectivity index (χ1n) is 8.23. The predicted octanol–water partition coefficient (Wildman–Crippen LogP) is 2.53. The van der Waals surface area contributed by atoms with E-state index in [1.807, 2.05) is 53.1 Å². The topological polar surface area (TPSA) is 118 Å². The molecular weight excluding hydrogens is 352 g/mol. The van der Waals surface area contributed by atoms with Gasteiger partial charge in [0, 0.05) is 11.9 Å². The molecule has 0 aliphatic heterocycles. The Morgan fingerprint density at radius 1 is 1.07 bits per heavy atom. The highest BCUT2D eigenvalue weighted by Crippen LogP contribution is 2.21. The lowest BCUT2D eigenvalue weighted by atomic mass is 10.3. The number of nitrogens with zero attached hydrogens (tertiary/aromatic N) is 6. The maximum absolute atomic E-state index is 9.26. The van der Waals surface area contributed by atoms with Crippen LogP contribution in [0.25, 0.3) is 16.9 Å². The van der Waals surface area contributed by atoms with Crippen molar-refractivity contribution in [3.63, 3.8) is 0 Å². The molecule has 0 bridgehead atoms. The lowest BCUT2D eigenvalue weighted by Crippen LogP contribution is -2.11. The number of pyridine rings is 1. The lowest BCUT2D eigenvalue weighted by molar-refractivity contribution is 0.902. The van der Waals surface area contributed by atoms with Gasteiger partial charge in [0.2, 0.25) is 0 Å². The van der Waals surface area contributed by atoms with Gasteiger partial charge in [-0.1, -0.05) is 18.2 Å². The Morgan fingerprint density at radius 3 is 2.61 bits per heavy atom. The second-order valence-corrected chi connectivity index (χ2v) is 5.49. The molecule has 0 unspecified atom stereocenters. The van der Waals surface area contributed by atoms with E-state index in [0.29, 0.717) is 12.4 Å². The maximum Gasteiger partial charge on any atom is 0.164 e. The molecule has 0 saturated heterocycles. The molecule has 136 valence electrons. The van der Waals surface area contributed by atoms with E-state index in [2.05, 4.69) is 38.1 Å². The molecule has 0 atom stereocenters. The number of para-hydroxylation sites is 1. The van der Waals surface area contributed by atoms with Gasteiger partial charge in [-0.05, 0) is 24.3 Å². The number of hydrogen-bond donors (Lipinski definition) is 2. The number of nitrogen functional groups attached to an aromatic ring is 1. The number of terminal acetylenes is 1. The number of fused-ring (bicyclic) bond motifs is 1. The Morgan fingerprint density at radius 2 is 1.86 bits per heavy atom. The largest absolute Gasteiger partial charge is 0.382 e. The second-order valence-electron chi connectivity index (χ2n) is 5.49. The molecule has 1 aromatic carbocycles. The van der Waals surface area contributed by atoms with E-state index in [1.54, 1.807) is 6.20 Å². The van der Waals surface area contributed by atoms with Gasteiger partial charge in [0.25, 0.3) is 0 Å². The summed E-state index contributed by atoms with van der Waals surface area (Å²) in [5.41, 5.74) is 8.46. The molecule has 8 nitrogen and oxygen atoms in total. The highest BCUT2D eigenvalue weighted by atomic mass is 15.2. The number of nitrogens with two attached hydrogens (primary N) is 1. The summed E-state index contributed by atoms with van der Waals surface area (Å²) < 4.78 is 1.97. The molecular formula is C20H16N8. The quantitative estimate of drug-likeness (QED) is 0.531. The molecule has 0 amide bonds. The average Bonchev–Trinajstić information content (AvgIpc) is 3.12. The van der Waals surface area contributed by atoms with Crippen molar-refractivity contribution < 1.29 is 0 Å². The minimum Gasteiger partial charge on any atom is -0.382 e. The number of aromatic nitrogens is 5. The Kier molecular flexibility index (Phi) is 5.44. The van der Waals surface area contributed by atoms with Crippen LogP contribution in [-0.4, -0.2) is 24.5 Å². The zero-order chi connectivity index (χ0) is 19.9. The van der Waals surface area contributed by atoms with Crippen molar-refractivity contribution in [3.8, 4) is 24.6 Å². The minimum absolute atomic E-state index is 0.142. The Balaban J connectivity index is 0.00000109. The first kappa shape index (κ1) is 18.4. The van der Waals surface area contributed by atoms with Gasteiger partial charge in [-0.15, -0.1) is 12.8 Å². The number of hydrogen-bond acceptors (Lipinski definition) is 7. The summed E-state index contributed by atoms with van der Waals surface area (Å²) in [6.07, 6.45) is 11.1. The van der Waals surface area contributed by atoms with Gasteiger partial charge in [0.15, 0.2) is 5.65 Å². The molecule has 0 radical (unpaired) electrons. The van der Waals surface area contributed by atoms with Crippen molar-refractivity contribution >= 4 is 22.8 Å². The smallest absolute Gasteiger partial charge is 0.164 e. The molecule has 4 aromatic rings. The summed E-state index contributed by atoms with van der Waals surface area (Å²) in [5, 5.41) is 12.4. The molecule has 0 aliphatic rings. The van der Waals surface area contributed by atoms with E-state index in [9.17, 15) is 5.26 Å². The van der Waals surface area contributed by atoms with Crippen LogP contribution >= 0.6 is 0 Å². The highest BCUT2D eigenvalue weighted by molar-refractivity contribution is 5.74. The van der Waals surface area contributed by atoms with Gasteiger partial charge in [-0.25, -0.2) is 19.9 Å². The van der Waals surface area contributed by atoms with Gasteiger partial charge < -0.3 is 11.1 Å². The van der Waals surface area contributed by atoms with Crippen LogP contribution < -0.4 is 11.1 Å². The fourth-order valence-electron chi connectivity index (χ4n) is 2.73. The van der Waals surface area contributed by atoms with Gasteiger partial charge in [0.05, 0.1) is 6.54 Å². The highest BCUT2D eigenvalue weighted by Gasteiger charge is 2.15. The molecule has 4 rings (SSSR count). The summed E-state index contributed by atoms with van der Waals surface area (Å²) in [6, 6.07) is 15.6. The third kappa shape index (κ3) is 3.43. The van der Waals surface area contributed by atoms with Gasteiger partial charge in [0.1, 0.15) is 40.9 Å². The van der Waals surface area contributed by atoms with Crippen LogP contribution in [0.3, 0.4) is 0 Å². The van der Waals surface area contributed by atoms with E-state index >= 15 is 0 Å². The van der Waals surface area contributed by atoms with E-state index in [-0.39, 0.29) is 11.4 Å². The molecule has 0 saturated carbocycles. The van der Waals surface area contributed by atoms with E-state index in [0.717, 1.165) is 22.7 Å². The Hall–Kier alpha value is -4.43. The Labute approximate surface area is 161 Å². The maximum atomic E-state index is 9.26. The van der Waals surface area contributed by atoms with Crippen LogP contribution in [0.4, 0.5) is 11.6 Å². The third-order valence-electron chi connectivity index (χ3n) is 3.90. The Bertz CT molecular complexity index is 1160. The molecule has 0 aliphatic carbocycles. The molecule has 28 heavy (non-hydrogen) atoms. The summed E-state index contributed by atoms with van der Waals surface area (Å²) in [7, 11) is 0. The van der Waals surface area contributed by atoms with Crippen LogP contribution in [0.2, 0.25) is 0 Å². The molecule has 0 spiro atoms. The summed E-state index contributed by atoms with van der Waals surface area (Å²) in [5.74, 6) is 1.26. The number of imidazole rings is 1. The van der Waals surface area contributed by atoms with E-state index in [1.165, 1.54) is 6.33 Å². The molecule has 3 N–H and O–H groups in total. The fraction of sp³-hybridized carbons (Fsp3) is 0.0500. The zero-order valence-corrected chi connectivity index (χ0v) is 14.8. The van der Waals surface area contributed by atoms with Crippen LogP contribution in [0.5, 0.6) is 0 Å². The summed E-state index contributed by atoms with van der Waals surface area (Å²) >= 11 is 0. The van der Waals surface area contributed by atoms with Crippen molar-refractivity contribution in [2.45, 2.75) is 6.54 Å². The van der Waals surface area contributed by atoms with Crippen molar-refractivity contribution in [2.24, 2.45) is 0 Å². The van der Waals surface area contributed by atoms with Crippen LogP contribution in [0.15, 0.2) is 55.0 Å². The third-order valence-corrected chi connectivity index (χ3v) is 3.90. The van der Waals surface area contributed by atoms with Gasteiger partial charge in [-0.2, -0.15) is 5.26 Å². The average molecular weight is 368 g/mol. The number of anilines is 2. The standard InChI is InChI=1S/C18H14N8.C2H2/c19-9-13-16(20)23-11-24-17(13)22-10-15-25-14-7-4-8-21-18(14)26(15)12-5-2-1-3-6-12;1-2/h1-8,11H,10H2,(H3,20,22,23,24);1-2H. The van der Waals surface area contributed by atoms with Crippen molar-refractivity contribution in [1.82, 2.24) is 24.5 Å². The zero-order valence-electron chi connectivity index (χ0n) is 14.8. The summed E-state index contributed by atoms with van der Waals surface area (Å²) in [6.45, 7) is 0.344. The van der Waals surface area contributed by atoms with Crippen LogP contribution in [-0.2, 0) is 6.54 Å². The molecule has 0 fully saturated rings. The van der Waals surface area contributed by atoms with E-state index in [4.69, 9.17) is 5.73 Å². The van der Waals surface area contributed by atoms with Gasteiger partial charge in [-0.3, -0.25) is 4.57 Å². The fourth-order valence-corrected chi connectivity index (χ4v) is 2.73. The minimum atomic E-state index is 0.142. The van der Waals surface area contributed by atoms with Crippen molar-refractivity contribution in [1.29, 1.82) is 5.26 Å². The van der Waals surface area contributed by atoms with Crippen molar-refractivity contribution in [3.05, 3.63) is 66.4 Å². The monoisotopic (exact) mass is 368 g/mol. The normalized spacial score (nSPS) is 9.89. The van der Waals surface area contributed by atoms with Gasteiger partial charge >= 0.3 is 0 Å². The first-order valence-corrected chi connectivity index (χ1v) is 8.23. The van der Waals surface area contributed by atoms with Crippen molar-refractivity contribution in [2.75, 3.05) is 11.1 Å². The number of benzene rings is 1. The second kappa shape index (κ2) is 8.30. The summed E-state index contributed by atoms with van der Waals surface area (Å²) in [4.78, 5) is 17.1.